The van der Waals surface area contributed by atoms with Gasteiger partial charge in [0, 0.05) is 19.4 Å². The van der Waals surface area contributed by atoms with Crippen LogP contribution in [-0.2, 0) is 35.0 Å². The van der Waals surface area contributed by atoms with Crippen LogP contribution in [0.4, 0.5) is 0 Å². The van der Waals surface area contributed by atoms with Crippen molar-refractivity contribution in [2.45, 2.75) is 78.2 Å². The summed E-state index contributed by atoms with van der Waals surface area (Å²) in [6, 6.07) is 14.8. The van der Waals surface area contributed by atoms with E-state index in [-0.39, 0.29) is 23.7 Å². The summed E-state index contributed by atoms with van der Waals surface area (Å²) in [5.74, 6) is 1.26. The number of carbonyl (C=O) groups is 1. The third-order valence-electron chi connectivity index (χ3n) is 6.69. The van der Waals surface area contributed by atoms with E-state index in [9.17, 15) is 4.79 Å². The number of benzene rings is 2. The number of nitrogens with zero attached hydrogens (tertiary/aromatic N) is 2. The minimum Gasteiger partial charge on any atom is -0.489 e. The van der Waals surface area contributed by atoms with Gasteiger partial charge in [0.25, 0.3) is 0 Å². The largest absolute Gasteiger partial charge is 0.489 e. The van der Waals surface area contributed by atoms with Crippen LogP contribution in [0.2, 0.25) is 0 Å². The third kappa shape index (κ3) is 6.53. The molecule has 1 atom stereocenters. The molecule has 0 bridgehead atoms. The number of hydrogen-bond acceptors (Lipinski definition) is 4. The fourth-order valence-electron chi connectivity index (χ4n) is 4.84. The van der Waals surface area contributed by atoms with Crippen molar-refractivity contribution < 1.29 is 14.3 Å². The van der Waals surface area contributed by atoms with Crippen LogP contribution < -0.4 is 4.74 Å². The Morgan fingerprint density at radius 3 is 2.54 bits per heavy atom. The number of hydrogen-bond donors (Lipinski definition) is 0. The molecule has 1 aliphatic rings. The van der Waals surface area contributed by atoms with Crippen LogP contribution in [0.1, 0.15) is 87.9 Å². The van der Waals surface area contributed by atoms with E-state index in [1.807, 2.05) is 62.8 Å². The van der Waals surface area contributed by atoms with Crippen LogP contribution in [0.15, 0.2) is 54.9 Å². The molecule has 1 aromatic heterocycles. The highest BCUT2D eigenvalue weighted by Crippen LogP contribution is 2.37. The van der Waals surface area contributed by atoms with E-state index in [1.54, 1.807) is 6.20 Å². The van der Waals surface area contributed by atoms with Gasteiger partial charge in [-0.15, -0.1) is 0 Å². The number of imidazole rings is 1. The van der Waals surface area contributed by atoms with Crippen LogP contribution in [-0.4, -0.2) is 22.1 Å². The van der Waals surface area contributed by atoms with Crippen LogP contribution in [0, 0.1) is 0 Å². The highest BCUT2D eigenvalue weighted by Gasteiger charge is 2.27. The molecule has 1 heterocycles. The molecule has 1 unspecified atom stereocenters. The van der Waals surface area contributed by atoms with E-state index in [0.29, 0.717) is 13.2 Å². The highest BCUT2D eigenvalue weighted by molar-refractivity contribution is 5.71. The van der Waals surface area contributed by atoms with Crippen LogP contribution in [0.25, 0.3) is 0 Å². The van der Waals surface area contributed by atoms with Gasteiger partial charge >= 0.3 is 5.97 Å². The van der Waals surface area contributed by atoms with Gasteiger partial charge in [-0.25, -0.2) is 4.98 Å². The Balaban J connectivity index is 0.00000167. The molecule has 0 N–H and O–H groups in total. The Bertz CT molecular complexity index is 1100. The topological polar surface area (TPSA) is 53.4 Å². The average molecular weight is 477 g/mol. The first kappa shape index (κ1) is 26.5. The molecule has 35 heavy (non-hydrogen) atoms. The Morgan fingerprint density at radius 1 is 1.14 bits per heavy atom. The number of aromatic nitrogens is 2. The zero-order chi connectivity index (χ0) is 25.4. The maximum Gasteiger partial charge on any atom is 0.306 e. The van der Waals surface area contributed by atoms with E-state index in [1.165, 1.54) is 36.0 Å². The standard InChI is InChI=1S/C28H34N2O3.C2H6/c1-5-32-26(31)18-24(27-29-15-16-30(27)4)21-10-12-23(13-11-21)33-19-20-8-9-22-7-6-14-28(2,3)25(22)17-20;1-2/h8-13,15-17,24H,5-7,14,18-19H2,1-4H3;1-2H3. The number of esters is 1. The number of fused-ring (bicyclic) bond motifs is 1. The van der Waals surface area contributed by atoms with Crippen molar-refractivity contribution in [1.29, 1.82) is 0 Å². The minimum absolute atomic E-state index is 0.166. The maximum absolute atomic E-state index is 12.2. The van der Waals surface area contributed by atoms with E-state index in [4.69, 9.17) is 9.47 Å². The van der Waals surface area contributed by atoms with Crippen molar-refractivity contribution in [2.75, 3.05) is 6.61 Å². The molecule has 2 aromatic carbocycles. The summed E-state index contributed by atoms with van der Waals surface area (Å²) in [6.07, 6.45) is 7.57. The lowest BCUT2D eigenvalue weighted by Gasteiger charge is -2.33. The molecule has 0 saturated carbocycles. The van der Waals surface area contributed by atoms with Crippen molar-refractivity contribution in [3.05, 3.63) is 82.9 Å². The Kier molecular flexibility index (Phi) is 9.13. The van der Waals surface area contributed by atoms with Crippen LogP contribution in [0.5, 0.6) is 5.75 Å². The third-order valence-corrected chi connectivity index (χ3v) is 6.69. The molecular weight excluding hydrogens is 436 g/mol. The second kappa shape index (κ2) is 12.1. The van der Waals surface area contributed by atoms with E-state index < -0.39 is 0 Å². The summed E-state index contributed by atoms with van der Waals surface area (Å²) in [7, 11) is 1.94. The van der Waals surface area contributed by atoms with Gasteiger partial charge in [-0.05, 0) is 66.0 Å². The Hall–Kier alpha value is -3.08. The van der Waals surface area contributed by atoms with Gasteiger partial charge in [0.2, 0.25) is 0 Å². The normalized spacial score (nSPS) is 14.8. The first-order valence-electron chi connectivity index (χ1n) is 12.9. The van der Waals surface area contributed by atoms with E-state index >= 15 is 0 Å². The molecule has 5 nitrogen and oxygen atoms in total. The van der Waals surface area contributed by atoms with Crippen molar-refractivity contribution in [3.63, 3.8) is 0 Å². The second-order valence-electron chi connectivity index (χ2n) is 9.54. The van der Waals surface area contributed by atoms with Gasteiger partial charge in [0.05, 0.1) is 18.9 Å². The first-order valence-corrected chi connectivity index (χ1v) is 12.9. The lowest BCUT2D eigenvalue weighted by Crippen LogP contribution is -2.24. The Morgan fingerprint density at radius 2 is 1.89 bits per heavy atom. The highest BCUT2D eigenvalue weighted by atomic mass is 16.5. The SMILES string of the molecule is CC.CCOC(=O)CC(c1ccc(OCc2ccc3c(c2)C(C)(C)CCC3)cc1)c1nccn1C. The average Bonchev–Trinajstić information content (AvgIpc) is 3.28. The summed E-state index contributed by atoms with van der Waals surface area (Å²) < 4.78 is 13.3. The number of carbonyl (C=O) groups excluding carboxylic acids is 1. The van der Waals surface area contributed by atoms with Crippen molar-refractivity contribution in [3.8, 4) is 5.75 Å². The fraction of sp³-hybridized carbons (Fsp3) is 0.467. The molecule has 0 aliphatic heterocycles. The number of rotatable bonds is 8. The van der Waals surface area contributed by atoms with Gasteiger partial charge in [0.1, 0.15) is 18.2 Å². The number of aryl methyl sites for hydroxylation is 2. The number of ether oxygens (including phenoxy) is 2. The molecule has 4 rings (SSSR count). The summed E-state index contributed by atoms with van der Waals surface area (Å²) >= 11 is 0. The molecule has 0 amide bonds. The molecule has 3 aromatic rings. The molecule has 0 spiro atoms. The van der Waals surface area contributed by atoms with Gasteiger partial charge < -0.3 is 14.0 Å². The van der Waals surface area contributed by atoms with E-state index in [0.717, 1.165) is 17.1 Å². The zero-order valence-electron chi connectivity index (χ0n) is 22.1. The summed E-state index contributed by atoms with van der Waals surface area (Å²) in [5.41, 5.74) is 5.37. The Labute approximate surface area is 210 Å². The fourth-order valence-corrected chi connectivity index (χ4v) is 4.84. The predicted molar refractivity (Wildman–Crippen MR) is 141 cm³/mol. The molecule has 188 valence electrons. The molecule has 1 aliphatic carbocycles. The van der Waals surface area contributed by atoms with Gasteiger partial charge in [-0.3, -0.25) is 4.79 Å². The zero-order valence-corrected chi connectivity index (χ0v) is 22.1. The lowest BCUT2D eigenvalue weighted by molar-refractivity contribution is -0.143. The maximum atomic E-state index is 12.2. The predicted octanol–water partition coefficient (Wildman–Crippen LogP) is 6.72. The summed E-state index contributed by atoms with van der Waals surface area (Å²) in [6.45, 7) is 11.4. The van der Waals surface area contributed by atoms with Crippen LogP contribution >= 0.6 is 0 Å². The summed E-state index contributed by atoms with van der Waals surface area (Å²) in [4.78, 5) is 16.7. The van der Waals surface area contributed by atoms with Crippen molar-refractivity contribution in [2.24, 2.45) is 7.05 Å². The smallest absolute Gasteiger partial charge is 0.306 e. The molecule has 5 heteroatoms. The van der Waals surface area contributed by atoms with Crippen molar-refractivity contribution in [1.82, 2.24) is 9.55 Å². The second-order valence-corrected chi connectivity index (χ2v) is 9.54. The molecule has 0 fully saturated rings. The summed E-state index contributed by atoms with van der Waals surface area (Å²) in [5, 5.41) is 0. The minimum atomic E-state index is -0.221. The molecule has 0 radical (unpaired) electrons. The first-order chi connectivity index (χ1) is 16.9. The molecular formula is C30H40N2O3. The van der Waals surface area contributed by atoms with Gasteiger partial charge in [0.15, 0.2) is 0 Å². The lowest BCUT2D eigenvalue weighted by atomic mass is 9.72. The van der Waals surface area contributed by atoms with E-state index in [2.05, 4.69) is 37.0 Å². The van der Waals surface area contributed by atoms with Gasteiger partial charge in [-0.2, -0.15) is 0 Å². The molecule has 0 saturated heterocycles. The monoisotopic (exact) mass is 476 g/mol. The van der Waals surface area contributed by atoms with Crippen molar-refractivity contribution >= 4 is 5.97 Å². The van der Waals surface area contributed by atoms with Crippen LogP contribution in [0.3, 0.4) is 0 Å². The quantitative estimate of drug-likeness (QED) is 0.339. The van der Waals surface area contributed by atoms with Gasteiger partial charge in [-0.1, -0.05) is 58.0 Å².